The molecule has 138 valence electrons. The van der Waals surface area contributed by atoms with E-state index in [4.69, 9.17) is 0 Å². The summed E-state index contributed by atoms with van der Waals surface area (Å²) in [4.78, 5) is 26.4. The summed E-state index contributed by atoms with van der Waals surface area (Å²) in [5.41, 5.74) is 2.09. The van der Waals surface area contributed by atoms with Crippen molar-refractivity contribution >= 4 is 17.5 Å². The number of nitrogens with one attached hydrogen (secondary N) is 1. The molecule has 2 aromatic rings. The topological polar surface area (TPSA) is 80.1 Å². The Morgan fingerprint density at radius 1 is 1.31 bits per heavy atom. The van der Waals surface area contributed by atoms with Gasteiger partial charge in [-0.05, 0) is 23.6 Å². The molecule has 26 heavy (non-hydrogen) atoms. The van der Waals surface area contributed by atoms with Gasteiger partial charge < -0.3 is 14.8 Å². The predicted octanol–water partition coefficient (Wildman–Crippen LogP) is 1.65. The van der Waals surface area contributed by atoms with Crippen molar-refractivity contribution in [1.29, 1.82) is 0 Å². The van der Waals surface area contributed by atoms with Crippen LogP contribution in [0.2, 0.25) is 0 Å². The Morgan fingerprint density at radius 2 is 2.04 bits per heavy atom. The number of aromatic nitrogens is 3. The first-order chi connectivity index (χ1) is 12.5. The van der Waals surface area contributed by atoms with Gasteiger partial charge in [0.25, 0.3) is 0 Å². The molecule has 0 spiro atoms. The van der Waals surface area contributed by atoms with Crippen LogP contribution in [0.25, 0.3) is 0 Å². The Morgan fingerprint density at radius 3 is 2.65 bits per heavy atom. The summed E-state index contributed by atoms with van der Waals surface area (Å²) in [5, 5.41) is 10.7. The van der Waals surface area contributed by atoms with Crippen LogP contribution in [0.5, 0.6) is 0 Å². The first-order valence-corrected chi connectivity index (χ1v) is 8.96. The van der Waals surface area contributed by atoms with Crippen molar-refractivity contribution in [2.45, 2.75) is 32.6 Å². The van der Waals surface area contributed by atoms with Crippen LogP contribution in [0.4, 0.5) is 5.69 Å². The largest absolute Gasteiger partial charge is 0.355 e. The van der Waals surface area contributed by atoms with Crippen LogP contribution < -0.4 is 10.2 Å². The van der Waals surface area contributed by atoms with E-state index in [1.54, 1.807) is 11.2 Å². The van der Waals surface area contributed by atoms with Crippen molar-refractivity contribution in [3.05, 3.63) is 42.0 Å². The molecule has 1 aliphatic heterocycles. The number of benzene rings is 1. The van der Waals surface area contributed by atoms with Gasteiger partial charge in [0.1, 0.15) is 12.2 Å². The molecule has 2 heterocycles. The van der Waals surface area contributed by atoms with Crippen molar-refractivity contribution < 1.29 is 9.59 Å². The average molecular weight is 355 g/mol. The Labute approximate surface area is 153 Å². The molecule has 2 amide bonds. The fourth-order valence-electron chi connectivity index (χ4n) is 3.15. The highest BCUT2D eigenvalue weighted by Gasteiger charge is 2.34. The van der Waals surface area contributed by atoms with Crippen molar-refractivity contribution in [2.75, 3.05) is 18.0 Å². The van der Waals surface area contributed by atoms with Crippen LogP contribution >= 0.6 is 0 Å². The summed E-state index contributed by atoms with van der Waals surface area (Å²) in [6, 6.07) is 8.01. The molecule has 0 bridgehead atoms. The van der Waals surface area contributed by atoms with Crippen LogP contribution in [0, 0.1) is 5.92 Å². The Kier molecular flexibility index (Phi) is 5.35. The minimum Gasteiger partial charge on any atom is -0.355 e. The van der Waals surface area contributed by atoms with Crippen molar-refractivity contribution in [2.24, 2.45) is 13.0 Å². The molecule has 3 rings (SSSR count). The summed E-state index contributed by atoms with van der Waals surface area (Å²) in [6.45, 7) is 5.18. The van der Waals surface area contributed by atoms with Crippen molar-refractivity contribution in [3.63, 3.8) is 0 Å². The van der Waals surface area contributed by atoms with Gasteiger partial charge in [0.15, 0.2) is 0 Å². The third-order valence-corrected chi connectivity index (χ3v) is 4.82. The molecule has 0 radical (unpaired) electrons. The monoisotopic (exact) mass is 355 g/mol. The number of carbonyl (C=O) groups is 2. The third kappa shape index (κ3) is 3.92. The predicted molar refractivity (Wildman–Crippen MR) is 98.7 cm³/mol. The molecule has 0 saturated carbocycles. The van der Waals surface area contributed by atoms with E-state index < -0.39 is 0 Å². The average Bonchev–Trinajstić information content (AvgIpc) is 3.21. The lowest BCUT2D eigenvalue weighted by atomic mass is 10.0. The van der Waals surface area contributed by atoms with Gasteiger partial charge >= 0.3 is 0 Å². The lowest BCUT2D eigenvalue weighted by molar-refractivity contribution is -0.126. The molecule has 1 fully saturated rings. The quantitative estimate of drug-likeness (QED) is 0.854. The summed E-state index contributed by atoms with van der Waals surface area (Å²) >= 11 is 0. The number of rotatable bonds is 6. The van der Waals surface area contributed by atoms with E-state index in [0.717, 1.165) is 11.5 Å². The molecule has 7 heteroatoms. The normalized spacial score (nSPS) is 17.2. The van der Waals surface area contributed by atoms with E-state index in [9.17, 15) is 9.59 Å². The first-order valence-electron chi connectivity index (χ1n) is 8.96. The number of hydrogen-bond donors (Lipinski definition) is 1. The van der Waals surface area contributed by atoms with Gasteiger partial charge in [-0.3, -0.25) is 9.59 Å². The smallest absolute Gasteiger partial charge is 0.227 e. The Bertz CT molecular complexity index is 781. The molecule has 7 nitrogen and oxygen atoms in total. The highest BCUT2D eigenvalue weighted by atomic mass is 16.2. The van der Waals surface area contributed by atoms with Crippen molar-refractivity contribution in [3.8, 4) is 0 Å². The fourth-order valence-corrected chi connectivity index (χ4v) is 3.15. The van der Waals surface area contributed by atoms with E-state index in [2.05, 4.69) is 29.4 Å². The number of anilines is 1. The summed E-state index contributed by atoms with van der Waals surface area (Å²) in [6.07, 6.45) is 2.50. The van der Waals surface area contributed by atoms with E-state index in [1.807, 2.05) is 35.9 Å². The SMILES string of the molecule is CC(C)c1ccc(N2C[C@@H](C(=O)NCCc3nncn3C)CC2=O)cc1. The molecule has 1 aliphatic rings. The highest BCUT2D eigenvalue weighted by molar-refractivity contribution is 6.00. The second-order valence-electron chi connectivity index (χ2n) is 7.05. The molecule has 1 aromatic carbocycles. The lowest BCUT2D eigenvalue weighted by Gasteiger charge is -2.17. The maximum atomic E-state index is 12.4. The van der Waals surface area contributed by atoms with Crippen LogP contribution in [-0.4, -0.2) is 39.7 Å². The summed E-state index contributed by atoms with van der Waals surface area (Å²) in [7, 11) is 1.87. The lowest BCUT2D eigenvalue weighted by Crippen LogP contribution is -2.34. The second kappa shape index (κ2) is 7.68. The van der Waals surface area contributed by atoms with E-state index in [0.29, 0.717) is 25.4 Å². The molecule has 1 N–H and O–H groups in total. The van der Waals surface area contributed by atoms with Crippen molar-refractivity contribution in [1.82, 2.24) is 20.1 Å². The summed E-state index contributed by atoms with van der Waals surface area (Å²) in [5.74, 6) is 0.870. The van der Waals surface area contributed by atoms with Crippen LogP contribution in [0.1, 0.15) is 37.6 Å². The number of nitrogens with zero attached hydrogens (tertiary/aromatic N) is 4. The Hall–Kier alpha value is -2.70. The standard InChI is InChI=1S/C19H25N5O2/c1-13(2)14-4-6-16(7-5-14)24-11-15(10-18(24)25)19(26)20-9-8-17-22-21-12-23(17)3/h4-7,12-13,15H,8-11H2,1-3H3,(H,20,26)/t15-/m0/s1. The molecular weight excluding hydrogens is 330 g/mol. The van der Waals surface area contributed by atoms with Crippen LogP contribution in [-0.2, 0) is 23.1 Å². The third-order valence-electron chi connectivity index (χ3n) is 4.82. The second-order valence-corrected chi connectivity index (χ2v) is 7.05. The van der Waals surface area contributed by atoms with E-state index in [-0.39, 0.29) is 24.2 Å². The van der Waals surface area contributed by atoms with Gasteiger partial charge in [0, 0.05) is 38.7 Å². The minimum atomic E-state index is -0.313. The maximum Gasteiger partial charge on any atom is 0.227 e. The molecule has 1 saturated heterocycles. The number of aryl methyl sites for hydroxylation is 1. The first kappa shape index (κ1) is 18.1. The number of amides is 2. The van der Waals surface area contributed by atoms with Gasteiger partial charge in [0.2, 0.25) is 11.8 Å². The number of carbonyl (C=O) groups excluding carboxylic acids is 2. The van der Waals surface area contributed by atoms with Gasteiger partial charge in [-0.25, -0.2) is 0 Å². The molecular formula is C19H25N5O2. The van der Waals surface area contributed by atoms with Crippen LogP contribution in [0.15, 0.2) is 30.6 Å². The molecule has 0 aliphatic carbocycles. The number of hydrogen-bond acceptors (Lipinski definition) is 4. The fraction of sp³-hybridized carbons (Fsp3) is 0.474. The Balaban J connectivity index is 1.55. The molecule has 1 atom stereocenters. The van der Waals surface area contributed by atoms with E-state index >= 15 is 0 Å². The highest BCUT2D eigenvalue weighted by Crippen LogP contribution is 2.26. The zero-order chi connectivity index (χ0) is 18.7. The van der Waals surface area contributed by atoms with Gasteiger partial charge in [-0.2, -0.15) is 0 Å². The van der Waals surface area contributed by atoms with Gasteiger partial charge in [0.05, 0.1) is 5.92 Å². The van der Waals surface area contributed by atoms with E-state index in [1.165, 1.54) is 5.56 Å². The molecule has 0 unspecified atom stereocenters. The van der Waals surface area contributed by atoms with Crippen LogP contribution in [0.3, 0.4) is 0 Å². The molecule has 1 aromatic heterocycles. The zero-order valence-corrected chi connectivity index (χ0v) is 15.5. The van der Waals surface area contributed by atoms with Gasteiger partial charge in [-0.15, -0.1) is 10.2 Å². The minimum absolute atomic E-state index is 0.00394. The maximum absolute atomic E-state index is 12.4. The zero-order valence-electron chi connectivity index (χ0n) is 15.5. The van der Waals surface area contributed by atoms with Gasteiger partial charge in [-0.1, -0.05) is 26.0 Å². The summed E-state index contributed by atoms with van der Waals surface area (Å²) < 4.78 is 1.83.